The Labute approximate surface area is 344 Å². The lowest BCUT2D eigenvalue weighted by Gasteiger charge is -2.43. The first-order valence-electron chi connectivity index (χ1n) is 20.4. The van der Waals surface area contributed by atoms with Gasteiger partial charge in [-0.1, -0.05) is 51.4 Å². The second-order valence-electron chi connectivity index (χ2n) is 22.7. The molecule has 0 spiro atoms. The second-order valence-corrected chi connectivity index (χ2v) is 67.7. The van der Waals surface area contributed by atoms with Gasteiger partial charge in [0.25, 0.3) is 0 Å². The van der Waals surface area contributed by atoms with E-state index < -0.39 is 108 Å². The van der Waals surface area contributed by atoms with Gasteiger partial charge in [0.2, 0.25) is 0 Å². The minimum atomic E-state index is -4.26. The summed E-state index contributed by atoms with van der Waals surface area (Å²) in [4.78, 5) is 0. The smallest absolute Gasteiger partial charge is 0.389 e. The van der Waals surface area contributed by atoms with Crippen molar-refractivity contribution in [1.82, 2.24) is 0 Å². The van der Waals surface area contributed by atoms with Gasteiger partial charge in [0.15, 0.2) is 49.9 Å². The number of hydrogen-bond donors (Lipinski definition) is 0. The predicted molar refractivity (Wildman–Crippen MR) is 250 cm³/mol. The molecule has 55 heavy (non-hydrogen) atoms. The maximum absolute atomic E-state index is 13.5. The van der Waals surface area contributed by atoms with Crippen LogP contribution in [0.5, 0.6) is 0 Å². The van der Waals surface area contributed by atoms with Gasteiger partial charge < -0.3 is 20.6 Å². The van der Waals surface area contributed by atoms with Crippen LogP contribution in [0.25, 0.3) is 0 Å². The molecule has 0 aliphatic carbocycles. The fourth-order valence-corrected chi connectivity index (χ4v) is 58.7. The molecule has 0 radical (unpaired) electrons. The highest BCUT2D eigenvalue weighted by Crippen LogP contribution is 2.38. The van der Waals surface area contributed by atoms with Crippen molar-refractivity contribution in [2.45, 2.75) is 217 Å². The number of rotatable bonds is 26. The molecule has 0 bridgehead atoms. The van der Waals surface area contributed by atoms with E-state index in [1.165, 1.54) is 0 Å². The van der Waals surface area contributed by atoms with Crippen molar-refractivity contribution >= 4 is 83.2 Å². The lowest BCUT2D eigenvalue weighted by atomic mass is 10.5. The van der Waals surface area contributed by atoms with Crippen LogP contribution in [0.15, 0.2) is 0 Å². The number of alkyl halides is 6. The molecular formula is C34H84F6O5Si10. The fourth-order valence-electron chi connectivity index (χ4n) is 6.93. The molecule has 0 aliphatic heterocycles. The van der Waals surface area contributed by atoms with Crippen LogP contribution in [-0.4, -0.2) is 95.5 Å². The van der Waals surface area contributed by atoms with Gasteiger partial charge in [0.1, 0.15) is 0 Å². The molecule has 0 saturated heterocycles. The van der Waals surface area contributed by atoms with E-state index >= 15 is 0 Å². The van der Waals surface area contributed by atoms with Crippen LogP contribution in [0.1, 0.15) is 12.8 Å². The van der Waals surface area contributed by atoms with Crippen LogP contribution < -0.4 is 0 Å². The van der Waals surface area contributed by atoms with E-state index in [1.54, 1.807) is 0 Å². The van der Waals surface area contributed by atoms with Gasteiger partial charge in [-0.25, -0.2) is 0 Å². The molecule has 21 heteroatoms. The van der Waals surface area contributed by atoms with Gasteiger partial charge in [0.05, 0.1) is 0 Å². The van der Waals surface area contributed by atoms with Crippen LogP contribution in [0, 0.1) is 0 Å². The molecule has 0 saturated carbocycles. The molecule has 2 atom stereocenters. The molecule has 332 valence electrons. The molecule has 0 N–H and O–H groups in total. The summed E-state index contributed by atoms with van der Waals surface area (Å²) in [6, 6.07) is 7.12. The van der Waals surface area contributed by atoms with Crippen LogP contribution >= 0.6 is 0 Å². The van der Waals surface area contributed by atoms with Gasteiger partial charge in [0, 0.05) is 29.0 Å². The molecule has 0 aromatic carbocycles. The maximum atomic E-state index is 13.5. The SMILES string of the molecule is C[Si](C)(C)CC[Si](C)(C)O[Si](C)(CCC(F)(F)F)O[Si](C)(C)CC[Si](C)(C)O[Si](C)(C)CC[Si](C)(C)O[Si](C)(CCC(F)(F)F)O[Si](C)(C)CC[Si](C)(C)C. The Kier molecular flexibility index (Phi) is 20.7. The minimum absolute atomic E-state index is 0.0867. The second kappa shape index (κ2) is 20.2. The zero-order valence-corrected chi connectivity index (χ0v) is 48.8. The summed E-state index contributed by atoms with van der Waals surface area (Å²) in [7, 11) is -22.8. The van der Waals surface area contributed by atoms with Crippen LogP contribution in [0.3, 0.4) is 0 Å². The minimum Gasteiger partial charge on any atom is -0.456 e. The van der Waals surface area contributed by atoms with E-state index in [1.807, 2.05) is 13.1 Å². The Morgan fingerprint density at radius 3 is 0.636 bits per heavy atom. The lowest BCUT2D eigenvalue weighted by Crippen LogP contribution is -2.55. The van der Waals surface area contributed by atoms with Crippen LogP contribution in [0.2, 0.25) is 191 Å². The zero-order valence-electron chi connectivity index (χ0n) is 38.8. The van der Waals surface area contributed by atoms with Gasteiger partial charge in [-0.3, -0.25) is 0 Å². The Morgan fingerprint density at radius 2 is 0.455 bits per heavy atom. The number of hydrogen-bond acceptors (Lipinski definition) is 5. The average Bonchev–Trinajstić information content (AvgIpc) is 2.88. The molecule has 0 fully saturated rings. The molecule has 0 rings (SSSR count). The summed E-state index contributed by atoms with van der Waals surface area (Å²) in [5.74, 6) is 0. The molecule has 5 nitrogen and oxygen atoms in total. The fraction of sp³-hybridized carbons (Fsp3) is 1.00. The van der Waals surface area contributed by atoms with E-state index in [4.69, 9.17) is 20.6 Å². The first-order chi connectivity index (χ1) is 23.8. The summed E-state index contributed by atoms with van der Waals surface area (Å²) in [5.41, 5.74) is 0. The molecule has 0 aromatic rings. The summed E-state index contributed by atoms with van der Waals surface area (Å²) < 4.78 is 115. The summed E-state index contributed by atoms with van der Waals surface area (Å²) >= 11 is 0. The lowest BCUT2D eigenvalue weighted by molar-refractivity contribution is -0.132. The van der Waals surface area contributed by atoms with E-state index in [9.17, 15) is 26.3 Å². The molecule has 2 unspecified atom stereocenters. The molecule has 0 amide bonds. The predicted octanol–water partition coefficient (Wildman–Crippen LogP) is 15.0. The molecule has 0 aliphatic rings. The van der Waals surface area contributed by atoms with Crippen molar-refractivity contribution in [3.05, 3.63) is 0 Å². The highest BCUT2D eigenvalue weighted by molar-refractivity contribution is 6.92. The van der Waals surface area contributed by atoms with Gasteiger partial charge in [-0.05, 0) is 140 Å². The topological polar surface area (TPSA) is 46.2 Å². The van der Waals surface area contributed by atoms with Crippen molar-refractivity contribution < 1.29 is 46.9 Å². The van der Waals surface area contributed by atoms with Crippen molar-refractivity contribution in [3.8, 4) is 0 Å². The van der Waals surface area contributed by atoms with Gasteiger partial charge >= 0.3 is 29.5 Å². The van der Waals surface area contributed by atoms with Gasteiger partial charge in [-0.2, -0.15) is 26.3 Å². The van der Waals surface area contributed by atoms with Crippen molar-refractivity contribution in [3.63, 3.8) is 0 Å². The monoisotopic (exact) mass is 966 g/mol. The summed E-state index contributed by atoms with van der Waals surface area (Å²) in [5, 5.41) is 0. The van der Waals surface area contributed by atoms with Crippen molar-refractivity contribution in [2.24, 2.45) is 0 Å². The first-order valence-corrected chi connectivity index (χ1v) is 51.6. The molecule has 0 aromatic heterocycles. The molecular weight excluding hydrogens is 883 g/mol. The normalized spacial score (nSPS) is 17.3. The molecule has 0 heterocycles. The zero-order chi connectivity index (χ0) is 44.0. The Morgan fingerprint density at radius 1 is 0.273 bits per heavy atom. The van der Waals surface area contributed by atoms with Crippen molar-refractivity contribution in [2.75, 3.05) is 0 Å². The van der Waals surface area contributed by atoms with Crippen molar-refractivity contribution in [1.29, 1.82) is 0 Å². The Balaban J connectivity index is 5.82. The van der Waals surface area contributed by atoms with E-state index in [-0.39, 0.29) is 12.1 Å². The largest absolute Gasteiger partial charge is 0.456 e. The number of halogens is 6. The van der Waals surface area contributed by atoms with E-state index in [2.05, 4.69) is 118 Å². The third kappa shape index (κ3) is 29.4. The quantitative estimate of drug-likeness (QED) is 0.0638. The Bertz CT molecular complexity index is 1090. The highest BCUT2D eigenvalue weighted by atomic mass is 28.5. The summed E-state index contributed by atoms with van der Waals surface area (Å²) in [6.45, 7) is 43.4. The third-order valence-electron chi connectivity index (χ3n) is 9.86. The first kappa shape index (κ1) is 56.5. The highest BCUT2D eigenvalue weighted by Gasteiger charge is 2.48. The maximum Gasteiger partial charge on any atom is 0.389 e. The van der Waals surface area contributed by atoms with E-state index in [0.717, 1.165) is 48.4 Å². The van der Waals surface area contributed by atoms with E-state index in [0.29, 0.717) is 0 Å². The van der Waals surface area contributed by atoms with Gasteiger partial charge in [-0.15, -0.1) is 0 Å². The third-order valence-corrected chi connectivity index (χ3v) is 46.6. The van der Waals surface area contributed by atoms with Crippen LogP contribution in [-0.2, 0) is 20.6 Å². The standard InChI is InChI=1S/C34H84F6O5Si10/c1-46(2,3)25-27-50(11,12)42-54(19,23-21-33(35,36)37)44-52(15,16)31-29-48(7,8)41-49(9,10)30-32-53(17,18)45-55(20,24-22-34(38,39)40)43-51(13,14)28-26-47(4,5)6/h21-32H2,1-20H3. The van der Waals surface area contributed by atoms with Crippen LogP contribution in [0.4, 0.5) is 26.3 Å². The Hall–Kier alpha value is 1.55. The summed E-state index contributed by atoms with van der Waals surface area (Å²) in [6.07, 6.45) is -10.3. The average molecular weight is 968 g/mol.